The van der Waals surface area contributed by atoms with Gasteiger partial charge in [-0.2, -0.15) is 17.6 Å². The van der Waals surface area contributed by atoms with Crippen molar-refractivity contribution in [2.75, 3.05) is 14.2 Å². The fourth-order valence-corrected chi connectivity index (χ4v) is 2.86. The number of carbonyl (C=O) groups excluding carboxylic acids is 1. The Morgan fingerprint density at radius 3 is 2.29 bits per heavy atom. The van der Waals surface area contributed by atoms with Crippen molar-refractivity contribution >= 4 is 23.6 Å². The molecule has 0 aliphatic carbocycles. The Hall–Kier alpha value is -2.68. The summed E-state index contributed by atoms with van der Waals surface area (Å²) in [4.78, 5) is 12.6. The molecule has 0 saturated carbocycles. The maximum absolute atomic E-state index is 12.5. The minimum atomic E-state index is -2.99. The Balaban J connectivity index is 2.19. The Labute approximate surface area is 163 Å². The lowest BCUT2D eigenvalue weighted by Crippen LogP contribution is -2.03. The molecule has 4 nitrogen and oxygen atoms in total. The molecule has 0 radical (unpaired) electrons. The highest BCUT2D eigenvalue weighted by atomic mass is 32.2. The van der Waals surface area contributed by atoms with Gasteiger partial charge in [-0.05, 0) is 42.0 Å². The van der Waals surface area contributed by atoms with Crippen LogP contribution in [0.4, 0.5) is 17.6 Å². The summed E-state index contributed by atoms with van der Waals surface area (Å²) < 4.78 is 64.1. The van der Waals surface area contributed by atoms with Crippen LogP contribution in [0.15, 0.2) is 47.4 Å². The van der Waals surface area contributed by atoms with Crippen LogP contribution in [0.2, 0.25) is 0 Å². The van der Waals surface area contributed by atoms with E-state index < -0.39 is 18.2 Å². The van der Waals surface area contributed by atoms with Gasteiger partial charge < -0.3 is 14.2 Å². The van der Waals surface area contributed by atoms with E-state index in [1.54, 1.807) is 0 Å². The molecule has 28 heavy (non-hydrogen) atoms. The number of benzene rings is 2. The van der Waals surface area contributed by atoms with Gasteiger partial charge in [-0.15, -0.1) is 0 Å². The molecule has 0 bridgehead atoms. The van der Waals surface area contributed by atoms with Gasteiger partial charge >= 0.3 is 6.61 Å². The number of rotatable bonds is 9. The predicted octanol–water partition coefficient (Wildman–Crippen LogP) is 5.52. The highest BCUT2D eigenvalue weighted by molar-refractivity contribution is 7.99. The van der Waals surface area contributed by atoms with Gasteiger partial charge in [-0.3, -0.25) is 4.79 Å². The minimum absolute atomic E-state index is 0.0879. The topological polar surface area (TPSA) is 44.8 Å². The lowest BCUT2D eigenvalue weighted by atomic mass is 10.1. The van der Waals surface area contributed by atoms with E-state index in [0.717, 1.165) is 0 Å². The molecule has 2 aromatic rings. The molecule has 0 unspecified atom stereocenters. The quantitative estimate of drug-likeness (QED) is 0.233. The van der Waals surface area contributed by atoms with E-state index in [2.05, 4.69) is 4.74 Å². The molecule has 2 aromatic carbocycles. The first-order valence-electron chi connectivity index (χ1n) is 7.82. The molecule has 150 valence electrons. The van der Waals surface area contributed by atoms with Crippen LogP contribution in [-0.4, -0.2) is 32.4 Å². The van der Waals surface area contributed by atoms with Crippen molar-refractivity contribution in [1.82, 2.24) is 0 Å². The predicted molar refractivity (Wildman–Crippen MR) is 97.8 cm³/mol. The Bertz CT molecular complexity index is 856. The number of halogens is 4. The average Bonchev–Trinajstić information content (AvgIpc) is 2.66. The molecule has 0 amide bonds. The normalized spacial score (nSPS) is 11.3. The third kappa shape index (κ3) is 5.91. The van der Waals surface area contributed by atoms with Gasteiger partial charge in [0, 0.05) is 5.56 Å². The van der Waals surface area contributed by atoms with Gasteiger partial charge in [0.1, 0.15) is 5.75 Å². The van der Waals surface area contributed by atoms with E-state index in [-0.39, 0.29) is 27.7 Å². The lowest BCUT2D eigenvalue weighted by Gasteiger charge is -2.10. The highest BCUT2D eigenvalue weighted by Gasteiger charge is 2.14. The van der Waals surface area contributed by atoms with Gasteiger partial charge in [-0.25, -0.2) is 0 Å². The van der Waals surface area contributed by atoms with Crippen molar-refractivity contribution in [3.05, 3.63) is 53.6 Å². The molecule has 0 heterocycles. The first-order valence-corrected chi connectivity index (χ1v) is 8.70. The van der Waals surface area contributed by atoms with Crippen LogP contribution in [0.3, 0.4) is 0 Å². The maximum atomic E-state index is 12.5. The molecule has 0 aliphatic rings. The molecular formula is C19H16F4O4S. The summed E-state index contributed by atoms with van der Waals surface area (Å²) in [6, 6.07) is 8.39. The zero-order valence-corrected chi connectivity index (χ0v) is 15.6. The third-order valence-corrected chi connectivity index (χ3v) is 4.26. The van der Waals surface area contributed by atoms with Crippen molar-refractivity contribution in [2.24, 2.45) is 0 Å². The van der Waals surface area contributed by atoms with Gasteiger partial charge in [0.25, 0.3) is 5.76 Å². The zero-order chi connectivity index (χ0) is 20.7. The van der Waals surface area contributed by atoms with E-state index in [0.29, 0.717) is 17.3 Å². The number of thioether (sulfide) groups is 1. The monoisotopic (exact) mass is 416 g/mol. The molecule has 0 aromatic heterocycles. The largest absolute Gasteiger partial charge is 0.496 e. The van der Waals surface area contributed by atoms with E-state index in [9.17, 15) is 22.4 Å². The van der Waals surface area contributed by atoms with Crippen molar-refractivity contribution in [3.8, 4) is 17.2 Å². The fourth-order valence-electron chi connectivity index (χ4n) is 2.26. The molecular weight excluding hydrogens is 400 g/mol. The molecule has 0 aliphatic heterocycles. The second-order valence-electron chi connectivity index (χ2n) is 5.23. The van der Waals surface area contributed by atoms with Gasteiger partial charge in [0.05, 0.1) is 19.1 Å². The van der Waals surface area contributed by atoms with Crippen LogP contribution < -0.4 is 14.2 Å². The molecule has 2 rings (SSSR count). The van der Waals surface area contributed by atoms with Crippen LogP contribution in [0.5, 0.6) is 17.2 Å². The number of hydrogen-bond donors (Lipinski definition) is 0. The van der Waals surface area contributed by atoms with E-state index in [1.807, 2.05) is 0 Å². The van der Waals surface area contributed by atoms with Crippen LogP contribution >= 0.6 is 11.8 Å². The first kappa shape index (κ1) is 21.6. The smallest absolute Gasteiger partial charge is 0.387 e. The number of alkyl halides is 4. The second-order valence-corrected chi connectivity index (χ2v) is 6.26. The lowest BCUT2D eigenvalue weighted by molar-refractivity contribution is -0.0512. The van der Waals surface area contributed by atoms with Gasteiger partial charge in [0.15, 0.2) is 17.3 Å². The Morgan fingerprint density at radius 2 is 1.68 bits per heavy atom. The van der Waals surface area contributed by atoms with Crippen molar-refractivity contribution in [2.45, 2.75) is 17.3 Å². The molecule has 0 saturated heterocycles. The first-order chi connectivity index (χ1) is 13.3. The van der Waals surface area contributed by atoms with Crippen LogP contribution in [-0.2, 0) is 0 Å². The third-order valence-electron chi connectivity index (χ3n) is 3.50. The summed E-state index contributed by atoms with van der Waals surface area (Å²) in [5, 5.41) is 0. The second kappa shape index (κ2) is 10.0. The summed E-state index contributed by atoms with van der Waals surface area (Å²) in [7, 11) is 2.63. The SMILES string of the molecule is COc1cc(C=CC(=O)c2ccc(SC(F)F)c(OC)c2)ccc1OC(F)F. The van der Waals surface area contributed by atoms with Crippen molar-refractivity contribution in [3.63, 3.8) is 0 Å². The number of carbonyl (C=O) groups is 1. The molecule has 0 spiro atoms. The van der Waals surface area contributed by atoms with Crippen molar-refractivity contribution < 1.29 is 36.6 Å². The summed E-state index contributed by atoms with van der Waals surface area (Å²) in [5.74, 6) is -2.87. The number of ketones is 1. The van der Waals surface area contributed by atoms with Gasteiger partial charge in [0.2, 0.25) is 0 Å². The van der Waals surface area contributed by atoms with E-state index in [1.165, 1.54) is 62.8 Å². The minimum Gasteiger partial charge on any atom is -0.496 e. The number of hydrogen-bond acceptors (Lipinski definition) is 5. The number of ether oxygens (including phenoxy) is 3. The van der Waals surface area contributed by atoms with Crippen LogP contribution in [0.1, 0.15) is 15.9 Å². The molecule has 9 heteroatoms. The highest BCUT2D eigenvalue weighted by Crippen LogP contribution is 2.34. The average molecular weight is 416 g/mol. The van der Waals surface area contributed by atoms with Crippen LogP contribution in [0.25, 0.3) is 6.08 Å². The van der Waals surface area contributed by atoms with Gasteiger partial charge in [-0.1, -0.05) is 23.9 Å². The van der Waals surface area contributed by atoms with Crippen LogP contribution in [0, 0.1) is 0 Å². The fraction of sp³-hybridized carbons (Fsp3) is 0.211. The maximum Gasteiger partial charge on any atom is 0.387 e. The standard InChI is InChI=1S/C19H16F4O4S/c1-25-15-9-11(4-7-14(15)27-18(20)21)3-6-13(24)12-5-8-17(28-19(22)23)16(10-12)26-2/h3-10,18-19H,1-2H3. The summed E-state index contributed by atoms with van der Waals surface area (Å²) >= 11 is 0.323. The molecule has 0 N–H and O–H groups in total. The van der Waals surface area contributed by atoms with Crippen molar-refractivity contribution in [1.29, 1.82) is 0 Å². The molecule has 0 atom stereocenters. The Kier molecular flexibility index (Phi) is 7.74. The number of allylic oxidation sites excluding steroid dienone is 1. The Morgan fingerprint density at radius 1 is 0.964 bits per heavy atom. The zero-order valence-electron chi connectivity index (χ0n) is 14.8. The summed E-state index contributed by atoms with van der Waals surface area (Å²) in [5.41, 5.74) is 0.764. The van der Waals surface area contributed by atoms with E-state index >= 15 is 0 Å². The summed E-state index contributed by atoms with van der Waals surface area (Å²) in [6.45, 7) is -2.99. The number of methoxy groups -OCH3 is 2. The summed E-state index contributed by atoms with van der Waals surface area (Å²) in [6.07, 6.45) is 2.72. The van der Waals surface area contributed by atoms with E-state index in [4.69, 9.17) is 9.47 Å². The molecule has 0 fully saturated rings.